The molecule has 2 amide bonds. The van der Waals surface area contributed by atoms with Crippen molar-refractivity contribution in [1.29, 1.82) is 0 Å². The van der Waals surface area contributed by atoms with Gasteiger partial charge in [-0.2, -0.15) is 0 Å². The van der Waals surface area contributed by atoms with E-state index in [9.17, 15) is 9.59 Å². The Balaban J connectivity index is 1.93. The number of hydrogen-bond donors (Lipinski definition) is 0. The van der Waals surface area contributed by atoms with Crippen LogP contribution in [0.3, 0.4) is 0 Å². The van der Waals surface area contributed by atoms with E-state index in [0.717, 1.165) is 5.56 Å². The van der Waals surface area contributed by atoms with Crippen molar-refractivity contribution >= 4 is 17.5 Å². The van der Waals surface area contributed by atoms with Gasteiger partial charge in [-0.25, -0.2) is 4.90 Å². The summed E-state index contributed by atoms with van der Waals surface area (Å²) in [7, 11) is 0. The number of carbonyl (C=O) groups is 2. The topological polar surface area (TPSA) is 37.4 Å². The van der Waals surface area contributed by atoms with Crippen molar-refractivity contribution in [2.24, 2.45) is 0 Å². The second-order valence-corrected chi connectivity index (χ2v) is 5.32. The highest BCUT2D eigenvalue weighted by atomic mass is 16.2. The summed E-state index contributed by atoms with van der Waals surface area (Å²) < 4.78 is 0. The van der Waals surface area contributed by atoms with Gasteiger partial charge >= 0.3 is 0 Å². The number of anilines is 1. The Kier molecular flexibility index (Phi) is 4.82. The van der Waals surface area contributed by atoms with Crippen LogP contribution in [0.25, 0.3) is 0 Å². The third kappa shape index (κ3) is 3.58. The van der Waals surface area contributed by atoms with Gasteiger partial charge in [-0.15, -0.1) is 0 Å². The van der Waals surface area contributed by atoms with E-state index in [2.05, 4.69) is 6.07 Å². The van der Waals surface area contributed by atoms with Crippen molar-refractivity contribution < 1.29 is 9.59 Å². The van der Waals surface area contributed by atoms with Gasteiger partial charge in [-0.1, -0.05) is 60.7 Å². The number of carbonyl (C=O) groups excluding carboxylic acids is 2. The Labute approximate surface area is 141 Å². The smallest absolute Gasteiger partial charge is 0.265 e. The number of rotatable bonds is 4. The number of amides is 2. The fraction of sp³-hybridized carbons (Fsp3) is 0.0476. The molecule has 0 bridgehead atoms. The summed E-state index contributed by atoms with van der Waals surface area (Å²) in [5, 5.41) is 0. The quantitative estimate of drug-likeness (QED) is 0.732. The average Bonchev–Trinajstić information content (AvgIpc) is 2.64. The van der Waals surface area contributed by atoms with Crippen molar-refractivity contribution in [1.82, 2.24) is 0 Å². The molecule has 0 saturated carbocycles. The number of hydrogen-bond acceptors (Lipinski definition) is 2. The van der Waals surface area contributed by atoms with Crippen LogP contribution < -0.4 is 4.90 Å². The molecule has 0 aliphatic heterocycles. The molecule has 0 aliphatic carbocycles. The maximum absolute atomic E-state index is 12.9. The molecule has 0 unspecified atom stereocenters. The predicted molar refractivity (Wildman–Crippen MR) is 93.7 cm³/mol. The first-order chi connectivity index (χ1) is 11.8. The summed E-state index contributed by atoms with van der Waals surface area (Å²) in [6, 6.07) is 27.9. The highest BCUT2D eigenvalue weighted by Gasteiger charge is 2.24. The van der Waals surface area contributed by atoms with E-state index in [-0.39, 0.29) is 18.2 Å². The van der Waals surface area contributed by atoms with Crippen LogP contribution in [0.1, 0.15) is 15.9 Å². The molecule has 117 valence electrons. The van der Waals surface area contributed by atoms with Crippen LogP contribution in [0.5, 0.6) is 0 Å². The van der Waals surface area contributed by atoms with E-state index in [1.807, 2.05) is 36.4 Å². The molecule has 0 N–H and O–H groups in total. The average molecular weight is 314 g/mol. The number of imide groups is 1. The highest BCUT2D eigenvalue weighted by Crippen LogP contribution is 2.18. The zero-order valence-electron chi connectivity index (χ0n) is 13.1. The summed E-state index contributed by atoms with van der Waals surface area (Å²) in [5.41, 5.74) is 1.89. The number of benzene rings is 3. The third-order valence-electron chi connectivity index (χ3n) is 3.63. The van der Waals surface area contributed by atoms with Gasteiger partial charge in [-0.3, -0.25) is 9.59 Å². The minimum absolute atomic E-state index is 0.165. The Morgan fingerprint density at radius 3 is 2.00 bits per heavy atom. The zero-order valence-corrected chi connectivity index (χ0v) is 13.1. The standard InChI is InChI=1S/C21H16NO2/c23-20(16-17-10-4-1-5-11-17)22(19-14-8-3-9-15-19)21(24)18-12-6-2-7-13-18/h1-2,4-15H,16H2. The van der Waals surface area contributed by atoms with Crippen molar-refractivity contribution in [3.63, 3.8) is 0 Å². The van der Waals surface area contributed by atoms with Gasteiger partial charge in [0.05, 0.1) is 12.1 Å². The summed E-state index contributed by atoms with van der Waals surface area (Å²) in [6.07, 6.45) is 0.165. The van der Waals surface area contributed by atoms with E-state index in [1.165, 1.54) is 4.90 Å². The summed E-state index contributed by atoms with van der Waals surface area (Å²) in [5.74, 6) is -0.594. The molecular weight excluding hydrogens is 298 g/mol. The van der Waals surface area contributed by atoms with E-state index in [0.29, 0.717) is 11.3 Å². The van der Waals surface area contributed by atoms with Gasteiger partial charge in [-0.05, 0) is 35.9 Å². The second-order valence-electron chi connectivity index (χ2n) is 5.32. The van der Waals surface area contributed by atoms with Crippen LogP contribution in [-0.4, -0.2) is 11.8 Å². The van der Waals surface area contributed by atoms with Gasteiger partial charge in [0.15, 0.2) is 0 Å². The van der Waals surface area contributed by atoms with E-state index >= 15 is 0 Å². The number of nitrogens with zero attached hydrogens (tertiary/aromatic N) is 1. The molecule has 3 aromatic carbocycles. The van der Waals surface area contributed by atoms with Gasteiger partial charge in [0.25, 0.3) is 5.91 Å². The van der Waals surface area contributed by atoms with Crippen LogP contribution in [-0.2, 0) is 11.2 Å². The second kappa shape index (κ2) is 7.38. The lowest BCUT2D eigenvalue weighted by atomic mass is 10.1. The van der Waals surface area contributed by atoms with E-state index < -0.39 is 0 Å². The summed E-state index contributed by atoms with van der Waals surface area (Å²) in [6.45, 7) is 0. The lowest BCUT2D eigenvalue weighted by molar-refractivity contribution is -0.117. The molecular formula is C21H16NO2. The molecule has 0 aliphatic rings. The molecule has 0 saturated heterocycles. The maximum Gasteiger partial charge on any atom is 0.265 e. The van der Waals surface area contributed by atoms with Crippen LogP contribution >= 0.6 is 0 Å². The minimum Gasteiger partial charge on any atom is -0.274 e. The van der Waals surface area contributed by atoms with E-state index in [4.69, 9.17) is 0 Å². The van der Waals surface area contributed by atoms with Gasteiger partial charge in [0.1, 0.15) is 0 Å². The summed E-state index contributed by atoms with van der Waals surface area (Å²) >= 11 is 0. The molecule has 3 nitrogen and oxygen atoms in total. The minimum atomic E-state index is -0.331. The normalized spacial score (nSPS) is 10.2. The first-order valence-electron chi connectivity index (χ1n) is 7.68. The molecule has 1 radical (unpaired) electrons. The van der Waals surface area contributed by atoms with Crippen LogP contribution in [0.15, 0.2) is 84.9 Å². The van der Waals surface area contributed by atoms with Crippen LogP contribution in [0, 0.1) is 6.07 Å². The Bertz CT molecular complexity index is 814. The van der Waals surface area contributed by atoms with Crippen molar-refractivity contribution in [2.75, 3.05) is 4.90 Å². The van der Waals surface area contributed by atoms with Gasteiger partial charge < -0.3 is 0 Å². The Hall–Kier alpha value is -3.20. The lowest BCUT2D eigenvalue weighted by Gasteiger charge is -2.21. The lowest BCUT2D eigenvalue weighted by Crippen LogP contribution is -2.38. The van der Waals surface area contributed by atoms with Gasteiger partial charge in [0, 0.05) is 5.56 Å². The third-order valence-corrected chi connectivity index (χ3v) is 3.63. The van der Waals surface area contributed by atoms with Crippen LogP contribution in [0.4, 0.5) is 5.69 Å². The van der Waals surface area contributed by atoms with Gasteiger partial charge in [0.2, 0.25) is 5.91 Å². The first kappa shape index (κ1) is 15.7. The van der Waals surface area contributed by atoms with Crippen molar-refractivity contribution in [3.05, 3.63) is 102 Å². The molecule has 0 spiro atoms. The Morgan fingerprint density at radius 1 is 0.792 bits per heavy atom. The van der Waals surface area contributed by atoms with Crippen molar-refractivity contribution in [3.8, 4) is 0 Å². The molecule has 0 heterocycles. The zero-order chi connectivity index (χ0) is 16.8. The molecule has 3 aromatic rings. The summed E-state index contributed by atoms with van der Waals surface area (Å²) in [4.78, 5) is 26.9. The SMILES string of the molecule is O=C(Cc1ccccc1)N(C(=O)c1ccccc1)c1cc[c]cc1. The molecule has 3 heteroatoms. The molecule has 24 heavy (non-hydrogen) atoms. The van der Waals surface area contributed by atoms with E-state index in [1.54, 1.807) is 48.5 Å². The molecule has 0 aromatic heterocycles. The van der Waals surface area contributed by atoms with Crippen LogP contribution in [0.2, 0.25) is 0 Å². The first-order valence-corrected chi connectivity index (χ1v) is 7.68. The Morgan fingerprint density at radius 2 is 1.38 bits per heavy atom. The van der Waals surface area contributed by atoms with Crippen molar-refractivity contribution in [2.45, 2.75) is 6.42 Å². The monoisotopic (exact) mass is 314 g/mol. The highest BCUT2D eigenvalue weighted by molar-refractivity contribution is 6.21. The largest absolute Gasteiger partial charge is 0.274 e. The molecule has 0 atom stereocenters. The molecule has 0 fully saturated rings. The fourth-order valence-electron chi connectivity index (χ4n) is 2.46. The fourth-order valence-corrected chi connectivity index (χ4v) is 2.46. The predicted octanol–water partition coefficient (Wildman–Crippen LogP) is 3.90. The molecule has 3 rings (SSSR count). The maximum atomic E-state index is 12.9.